The Kier molecular flexibility index (Phi) is 6.23. The zero-order chi connectivity index (χ0) is 20.9. The number of ether oxygens (including phenoxy) is 1. The fourth-order valence-electron chi connectivity index (χ4n) is 2.30. The van der Waals surface area contributed by atoms with Crippen molar-refractivity contribution in [2.24, 2.45) is 10.7 Å². The van der Waals surface area contributed by atoms with Gasteiger partial charge in [0.15, 0.2) is 5.96 Å². The Morgan fingerprint density at radius 3 is 2.66 bits per heavy atom. The van der Waals surface area contributed by atoms with Crippen LogP contribution in [0.4, 0.5) is 18.9 Å². The van der Waals surface area contributed by atoms with Gasteiger partial charge in [0.05, 0.1) is 6.54 Å². The van der Waals surface area contributed by atoms with E-state index in [0.29, 0.717) is 28.8 Å². The van der Waals surface area contributed by atoms with Gasteiger partial charge in [0, 0.05) is 22.7 Å². The molecule has 0 saturated heterocycles. The summed E-state index contributed by atoms with van der Waals surface area (Å²) in [6.07, 6.45) is -4.38. The number of hydrogen-bond donors (Lipinski definition) is 2. The third-order valence-electron chi connectivity index (χ3n) is 3.52. The van der Waals surface area contributed by atoms with Crippen LogP contribution in [-0.4, -0.2) is 29.0 Å². The van der Waals surface area contributed by atoms with Crippen molar-refractivity contribution in [1.82, 2.24) is 10.1 Å². The molecule has 29 heavy (non-hydrogen) atoms. The van der Waals surface area contributed by atoms with Gasteiger partial charge in [-0.15, -0.1) is 13.2 Å². The number of benzene rings is 2. The van der Waals surface area contributed by atoms with Gasteiger partial charge in [0.1, 0.15) is 5.75 Å². The normalized spacial score (nSPS) is 12.1. The summed E-state index contributed by atoms with van der Waals surface area (Å²) in [4.78, 5) is 8.38. The lowest BCUT2D eigenvalue weighted by molar-refractivity contribution is -0.274. The number of hydrogen-bond acceptors (Lipinski definition) is 5. The summed E-state index contributed by atoms with van der Waals surface area (Å²) in [5.41, 5.74) is 6.96. The fourth-order valence-corrected chi connectivity index (χ4v) is 2.49. The summed E-state index contributed by atoms with van der Waals surface area (Å²) in [6.45, 7) is 0.269. The van der Waals surface area contributed by atoms with Crippen molar-refractivity contribution in [3.8, 4) is 17.1 Å². The summed E-state index contributed by atoms with van der Waals surface area (Å²) in [7, 11) is 0. The molecule has 0 amide bonds. The molecule has 0 bridgehead atoms. The maximum absolute atomic E-state index is 12.1. The van der Waals surface area contributed by atoms with Gasteiger partial charge >= 0.3 is 6.36 Å². The van der Waals surface area contributed by atoms with E-state index < -0.39 is 6.36 Å². The zero-order valence-electron chi connectivity index (χ0n) is 14.8. The number of halogens is 4. The van der Waals surface area contributed by atoms with E-state index in [2.05, 4.69) is 25.2 Å². The highest BCUT2D eigenvalue weighted by Gasteiger charge is 2.30. The Bertz CT molecular complexity index is 990. The molecule has 0 fully saturated rings. The molecule has 0 saturated carbocycles. The molecular formula is C18H15ClF3N5O2. The number of rotatable bonds is 6. The minimum Gasteiger partial charge on any atom is -0.406 e. The van der Waals surface area contributed by atoms with Crippen LogP contribution in [-0.2, 0) is 6.42 Å². The first-order chi connectivity index (χ1) is 13.8. The highest BCUT2D eigenvalue weighted by Crippen LogP contribution is 2.24. The van der Waals surface area contributed by atoms with Gasteiger partial charge < -0.3 is 20.3 Å². The number of nitrogens with one attached hydrogen (secondary N) is 1. The molecule has 0 atom stereocenters. The Hall–Kier alpha value is -3.27. The second kappa shape index (κ2) is 8.82. The van der Waals surface area contributed by atoms with Crippen LogP contribution < -0.4 is 15.8 Å². The number of guanidine groups is 1. The quantitative estimate of drug-likeness (QED) is 0.452. The van der Waals surface area contributed by atoms with Crippen molar-refractivity contribution in [2.45, 2.75) is 12.8 Å². The highest BCUT2D eigenvalue weighted by molar-refractivity contribution is 6.30. The summed E-state index contributed by atoms with van der Waals surface area (Å²) >= 11 is 5.94. The van der Waals surface area contributed by atoms with Crippen molar-refractivity contribution in [3.05, 3.63) is 59.4 Å². The molecule has 0 spiro atoms. The van der Waals surface area contributed by atoms with Crippen LogP contribution in [0.5, 0.6) is 5.75 Å². The lowest BCUT2D eigenvalue weighted by Gasteiger charge is -2.10. The van der Waals surface area contributed by atoms with Gasteiger partial charge in [0.2, 0.25) is 11.7 Å². The lowest BCUT2D eigenvalue weighted by atomic mass is 10.2. The van der Waals surface area contributed by atoms with Crippen molar-refractivity contribution >= 4 is 23.2 Å². The van der Waals surface area contributed by atoms with Crippen molar-refractivity contribution in [3.63, 3.8) is 0 Å². The molecule has 3 aromatic rings. The van der Waals surface area contributed by atoms with Crippen LogP contribution in [0.2, 0.25) is 5.02 Å². The Morgan fingerprint density at radius 1 is 1.21 bits per heavy atom. The molecule has 0 unspecified atom stereocenters. The summed E-state index contributed by atoms with van der Waals surface area (Å²) in [5, 5.41) is 7.22. The molecule has 1 heterocycles. The number of alkyl halides is 3. The third kappa shape index (κ3) is 6.39. The van der Waals surface area contributed by atoms with Crippen molar-refractivity contribution in [1.29, 1.82) is 0 Å². The van der Waals surface area contributed by atoms with Gasteiger partial charge in [-0.1, -0.05) is 28.9 Å². The number of aliphatic imine (C=N–C) groups is 1. The van der Waals surface area contributed by atoms with Crippen LogP contribution in [0.25, 0.3) is 11.4 Å². The van der Waals surface area contributed by atoms with Crippen molar-refractivity contribution < 1.29 is 22.4 Å². The minimum absolute atomic E-state index is 0.0871. The topological polar surface area (TPSA) is 98.6 Å². The minimum atomic E-state index is -4.74. The van der Waals surface area contributed by atoms with Gasteiger partial charge in [-0.3, -0.25) is 4.99 Å². The summed E-state index contributed by atoms with van der Waals surface area (Å²) in [5.74, 6) is 0.554. The predicted octanol–water partition coefficient (Wildman–Crippen LogP) is 4.26. The zero-order valence-corrected chi connectivity index (χ0v) is 15.5. The first-order valence-electron chi connectivity index (χ1n) is 8.30. The molecule has 1 aromatic heterocycles. The van der Waals surface area contributed by atoms with Crippen LogP contribution >= 0.6 is 11.6 Å². The van der Waals surface area contributed by atoms with E-state index in [0.717, 1.165) is 5.56 Å². The molecule has 7 nitrogen and oxygen atoms in total. The monoisotopic (exact) mass is 425 g/mol. The van der Waals surface area contributed by atoms with E-state index in [4.69, 9.17) is 21.9 Å². The van der Waals surface area contributed by atoms with E-state index in [1.807, 2.05) is 6.07 Å². The fraction of sp³-hybridized carbons (Fsp3) is 0.167. The maximum atomic E-state index is 12.1. The molecule has 3 rings (SSSR count). The first-order valence-corrected chi connectivity index (χ1v) is 8.67. The molecule has 11 heteroatoms. The van der Waals surface area contributed by atoms with Crippen LogP contribution in [0.15, 0.2) is 58.0 Å². The van der Waals surface area contributed by atoms with Gasteiger partial charge in [-0.25, -0.2) is 0 Å². The molecular weight excluding hydrogens is 411 g/mol. The largest absolute Gasteiger partial charge is 0.573 e. The van der Waals surface area contributed by atoms with E-state index in [9.17, 15) is 13.2 Å². The van der Waals surface area contributed by atoms with E-state index in [1.165, 1.54) is 24.3 Å². The van der Waals surface area contributed by atoms with Crippen molar-refractivity contribution in [2.75, 3.05) is 11.9 Å². The second-order valence-electron chi connectivity index (χ2n) is 5.74. The van der Waals surface area contributed by atoms with E-state index in [1.54, 1.807) is 18.2 Å². The Balaban J connectivity index is 1.52. The third-order valence-corrected chi connectivity index (χ3v) is 3.75. The summed E-state index contributed by atoms with van der Waals surface area (Å²) in [6, 6.07) is 12.2. The Morgan fingerprint density at radius 2 is 1.97 bits per heavy atom. The average molecular weight is 426 g/mol. The van der Waals surface area contributed by atoms with Gasteiger partial charge in [-0.05, 0) is 36.4 Å². The van der Waals surface area contributed by atoms with E-state index in [-0.39, 0.29) is 18.3 Å². The molecule has 0 aliphatic rings. The van der Waals surface area contributed by atoms with Crippen LogP contribution in [0.1, 0.15) is 5.89 Å². The summed E-state index contributed by atoms with van der Waals surface area (Å²) < 4.78 is 45.4. The standard InChI is InChI=1S/C18H15ClF3N5O2/c19-12-3-1-2-11(10-12)16-26-15(29-27-16)8-9-24-17(23)25-13-4-6-14(7-5-13)28-18(20,21)22/h1-7,10H,8-9H2,(H3,23,24,25). The number of nitrogens with zero attached hydrogens (tertiary/aromatic N) is 3. The molecule has 0 aliphatic heterocycles. The average Bonchev–Trinajstić information content (AvgIpc) is 3.11. The lowest BCUT2D eigenvalue weighted by Crippen LogP contribution is -2.23. The van der Waals surface area contributed by atoms with Gasteiger partial charge in [-0.2, -0.15) is 4.98 Å². The molecule has 0 radical (unpaired) electrons. The number of nitrogens with two attached hydrogens (primary N) is 1. The highest BCUT2D eigenvalue weighted by atomic mass is 35.5. The van der Waals surface area contributed by atoms with E-state index >= 15 is 0 Å². The molecule has 0 aliphatic carbocycles. The molecule has 152 valence electrons. The molecule has 2 aromatic carbocycles. The first kappa shape index (κ1) is 20.5. The Labute approximate surface area is 168 Å². The number of aromatic nitrogens is 2. The number of anilines is 1. The second-order valence-corrected chi connectivity index (χ2v) is 6.17. The van der Waals surface area contributed by atoms with Crippen LogP contribution in [0.3, 0.4) is 0 Å². The van der Waals surface area contributed by atoms with Gasteiger partial charge in [0.25, 0.3) is 0 Å². The molecule has 3 N–H and O–H groups in total. The smallest absolute Gasteiger partial charge is 0.406 e. The SMILES string of the molecule is NC(=NCCc1nc(-c2cccc(Cl)c2)no1)Nc1ccc(OC(F)(F)F)cc1. The predicted molar refractivity (Wildman–Crippen MR) is 102 cm³/mol. The van der Waals surface area contributed by atoms with Crippen LogP contribution in [0, 0.1) is 0 Å². The maximum Gasteiger partial charge on any atom is 0.573 e.